The van der Waals surface area contributed by atoms with Gasteiger partial charge in [-0.15, -0.1) is 0 Å². The minimum Gasteiger partial charge on any atom is -0.493 e. The van der Waals surface area contributed by atoms with Crippen LogP contribution in [0.25, 0.3) is 0 Å². The molecular weight excluding hydrogens is 320 g/mol. The van der Waals surface area contributed by atoms with Crippen molar-refractivity contribution >= 4 is 5.97 Å². The van der Waals surface area contributed by atoms with Crippen LogP contribution in [0.4, 0.5) is 0 Å². The van der Waals surface area contributed by atoms with E-state index in [1.54, 1.807) is 0 Å². The third-order valence-corrected chi connectivity index (χ3v) is 4.13. The number of aryl methyl sites for hydroxylation is 1. The molecule has 3 rings (SSSR count). The van der Waals surface area contributed by atoms with E-state index in [0.29, 0.717) is 19.8 Å². The second-order valence-electron chi connectivity index (χ2n) is 6.17. The molecule has 1 heterocycles. The van der Waals surface area contributed by atoms with Gasteiger partial charge in [0, 0.05) is 24.0 Å². The fraction of sp³-hybridized carbons (Fsp3) is 0.350. The molecule has 2 aromatic carbocycles. The number of hydrogen-bond acceptors (Lipinski definition) is 4. The van der Waals surface area contributed by atoms with Crippen LogP contribution in [-0.2, 0) is 4.79 Å². The Kier molecular flexibility index (Phi) is 5.43. The molecule has 5 nitrogen and oxygen atoms in total. The molecule has 1 atom stereocenters. The summed E-state index contributed by atoms with van der Waals surface area (Å²) in [6.07, 6.45) is 0.858. The van der Waals surface area contributed by atoms with E-state index < -0.39 is 5.97 Å². The Morgan fingerprint density at radius 2 is 1.80 bits per heavy atom. The smallest absolute Gasteiger partial charge is 0.304 e. The summed E-state index contributed by atoms with van der Waals surface area (Å²) in [5.41, 5.74) is 2.15. The first-order chi connectivity index (χ1) is 12.1. The molecule has 0 saturated heterocycles. The number of carbonyl (C=O) groups is 1. The summed E-state index contributed by atoms with van der Waals surface area (Å²) in [6, 6.07) is 13.6. The van der Waals surface area contributed by atoms with Crippen molar-refractivity contribution in [3.05, 3.63) is 53.6 Å². The molecule has 1 unspecified atom stereocenters. The minimum atomic E-state index is -0.810. The van der Waals surface area contributed by atoms with Gasteiger partial charge in [0.05, 0.1) is 26.2 Å². The predicted octanol–water partition coefficient (Wildman–Crippen LogP) is 3.79. The molecule has 0 bridgehead atoms. The zero-order valence-electron chi connectivity index (χ0n) is 14.2. The van der Waals surface area contributed by atoms with Gasteiger partial charge < -0.3 is 19.3 Å². The molecule has 0 fully saturated rings. The molecular formula is C20H22O5. The van der Waals surface area contributed by atoms with Crippen LogP contribution in [0.1, 0.15) is 29.9 Å². The third kappa shape index (κ3) is 4.66. The summed E-state index contributed by atoms with van der Waals surface area (Å²) < 4.78 is 17.0. The van der Waals surface area contributed by atoms with Crippen LogP contribution in [0.15, 0.2) is 42.5 Å². The lowest BCUT2D eigenvalue weighted by Crippen LogP contribution is -2.07. The summed E-state index contributed by atoms with van der Waals surface area (Å²) in [7, 11) is 0. The van der Waals surface area contributed by atoms with E-state index in [2.05, 4.69) is 0 Å². The predicted molar refractivity (Wildman–Crippen MR) is 93.7 cm³/mol. The number of benzene rings is 2. The Morgan fingerprint density at radius 3 is 2.52 bits per heavy atom. The lowest BCUT2D eigenvalue weighted by molar-refractivity contribution is -0.137. The number of carboxylic acid groups (broad SMARTS) is 1. The maximum atomic E-state index is 10.9. The standard InChI is InChI=1S/C20H22O5/c1-14-3-5-16(6-4-14)23-9-2-10-24-17-7-8-18-15(11-20(21)22)13-25-19(18)12-17/h3-8,12,15H,2,9-11,13H2,1H3,(H,21,22). The highest BCUT2D eigenvalue weighted by Gasteiger charge is 2.26. The fourth-order valence-electron chi connectivity index (χ4n) is 2.80. The highest BCUT2D eigenvalue weighted by Crippen LogP contribution is 2.38. The molecule has 1 N–H and O–H groups in total. The van der Waals surface area contributed by atoms with Gasteiger partial charge in [-0.05, 0) is 25.1 Å². The molecule has 1 aliphatic rings. The van der Waals surface area contributed by atoms with Crippen LogP contribution in [-0.4, -0.2) is 30.9 Å². The average molecular weight is 342 g/mol. The molecule has 2 aromatic rings. The van der Waals surface area contributed by atoms with Gasteiger partial charge in [-0.3, -0.25) is 4.79 Å². The van der Waals surface area contributed by atoms with Crippen molar-refractivity contribution in [3.63, 3.8) is 0 Å². The normalized spacial score (nSPS) is 15.3. The van der Waals surface area contributed by atoms with Gasteiger partial charge in [0.2, 0.25) is 0 Å². The summed E-state index contributed by atoms with van der Waals surface area (Å²) in [4.78, 5) is 10.9. The number of carboxylic acids is 1. The maximum absolute atomic E-state index is 10.9. The molecule has 0 aliphatic carbocycles. The summed E-state index contributed by atoms with van der Waals surface area (Å²) >= 11 is 0. The molecule has 0 radical (unpaired) electrons. The minimum absolute atomic E-state index is 0.0792. The van der Waals surface area contributed by atoms with E-state index in [1.807, 2.05) is 49.4 Å². The van der Waals surface area contributed by atoms with E-state index in [-0.39, 0.29) is 12.3 Å². The van der Waals surface area contributed by atoms with Crippen LogP contribution in [0.5, 0.6) is 17.2 Å². The monoisotopic (exact) mass is 342 g/mol. The van der Waals surface area contributed by atoms with Gasteiger partial charge in [0.15, 0.2) is 0 Å². The topological polar surface area (TPSA) is 65.0 Å². The van der Waals surface area contributed by atoms with Crippen LogP contribution in [0.2, 0.25) is 0 Å². The zero-order valence-corrected chi connectivity index (χ0v) is 14.2. The summed E-state index contributed by atoms with van der Waals surface area (Å²) in [5, 5.41) is 8.92. The van der Waals surface area contributed by atoms with Gasteiger partial charge in [-0.2, -0.15) is 0 Å². The molecule has 0 spiro atoms. The Morgan fingerprint density at radius 1 is 1.12 bits per heavy atom. The SMILES string of the molecule is Cc1ccc(OCCCOc2ccc3c(c2)OCC3CC(=O)O)cc1. The third-order valence-electron chi connectivity index (χ3n) is 4.13. The first-order valence-corrected chi connectivity index (χ1v) is 8.42. The lowest BCUT2D eigenvalue weighted by Gasteiger charge is -2.10. The molecule has 0 saturated carbocycles. The van der Waals surface area contributed by atoms with Crippen LogP contribution < -0.4 is 14.2 Å². The van der Waals surface area contributed by atoms with E-state index in [4.69, 9.17) is 19.3 Å². The van der Waals surface area contributed by atoms with Crippen LogP contribution in [0, 0.1) is 6.92 Å². The maximum Gasteiger partial charge on any atom is 0.304 e. The number of hydrogen-bond donors (Lipinski definition) is 1. The van der Waals surface area contributed by atoms with E-state index >= 15 is 0 Å². The number of rotatable bonds is 8. The number of fused-ring (bicyclic) bond motifs is 1. The van der Waals surface area contributed by atoms with Crippen LogP contribution in [0.3, 0.4) is 0 Å². The molecule has 1 aliphatic heterocycles. The molecule has 25 heavy (non-hydrogen) atoms. The van der Waals surface area contributed by atoms with Gasteiger partial charge in [-0.1, -0.05) is 23.8 Å². The highest BCUT2D eigenvalue weighted by molar-refractivity contribution is 5.68. The quantitative estimate of drug-likeness (QED) is 0.739. The van der Waals surface area contributed by atoms with Crippen molar-refractivity contribution in [2.75, 3.05) is 19.8 Å². The van der Waals surface area contributed by atoms with Gasteiger partial charge >= 0.3 is 5.97 Å². The number of aliphatic carboxylic acids is 1. The molecule has 0 amide bonds. The van der Waals surface area contributed by atoms with Crippen molar-refractivity contribution < 1.29 is 24.1 Å². The van der Waals surface area contributed by atoms with Crippen molar-refractivity contribution in [3.8, 4) is 17.2 Å². The first-order valence-electron chi connectivity index (χ1n) is 8.42. The van der Waals surface area contributed by atoms with E-state index in [0.717, 1.165) is 29.2 Å². The Hall–Kier alpha value is -2.69. The highest BCUT2D eigenvalue weighted by atomic mass is 16.5. The second kappa shape index (κ2) is 7.92. The van der Waals surface area contributed by atoms with Gasteiger partial charge in [0.1, 0.15) is 17.2 Å². The van der Waals surface area contributed by atoms with Crippen LogP contribution >= 0.6 is 0 Å². The Bertz CT molecular complexity index is 723. The zero-order chi connectivity index (χ0) is 17.6. The van der Waals surface area contributed by atoms with Crippen molar-refractivity contribution in [1.29, 1.82) is 0 Å². The average Bonchev–Trinajstić information content (AvgIpc) is 2.98. The number of ether oxygens (including phenoxy) is 3. The van der Waals surface area contributed by atoms with Gasteiger partial charge in [0.25, 0.3) is 0 Å². The fourth-order valence-corrected chi connectivity index (χ4v) is 2.80. The summed E-state index contributed by atoms with van der Waals surface area (Å²) in [5.74, 6) is 1.42. The second-order valence-corrected chi connectivity index (χ2v) is 6.17. The first kappa shape index (κ1) is 17.1. The van der Waals surface area contributed by atoms with Crippen molar-refractivity contribution in [2.45, 2.75) is 25.7 Å². The summed E-state index contributed by atoms with van der Waals surface area (Å²) in [6.45, 7) is 3.59. The Balaban J connectivity index is 1.43. The molecule has 5 heteroatoms. The largest absolute Gasteiger partial charge is 0.493 e. The van der Waals surface area contributed by atoms with Gasteiger partial charge in [-0.25, -0.2) is 0 Å². The Labute approximate surface area is 147 Å². The van der Waals surface area contributed by atoms with E-state index in [1.165, 1.54) is 5.56 Å². The van der Waals surface area contributed by atoms with E-state index in [9.17, 15) is 4.79 Å². The molecule has 132 valence electrons. The van der Waals surface area contributed by atoms with Crippen molar-refractivity contribution in [2.24, 2.45) is 0 Å². The van der Waals surface area contributed by atoms with Crippen molar-refractivity contribution in [1.82, 2.24) is 0 Å². The molecule has 0 aromatic heterocycles. The lowest BCUT2D eigenvalue weighted by atomic mass is 9.98.